The van der Waals surface area contributed by atoms with E-state index in [0.717, 1.165) is 5.56 Å². The molecular weight excluding hydrogens is 436 g/mol. The number of carbonyl (C=O) groups excluding carboxylic acids is 2. The Morgan fingerprint density at radius 2 is 1.69 bits per heavy atom. The van der Waals surface area contributed by atoms with Gasteiger partial charge < -0.3 is 19.1 Å². The van der Waals surface area contributed by atoms with Crippen molar-refractivity contribution in [2.75, 3.05) is 39.6 Å². The van der Waals surface area contributed by atoms with Crippen molar-refractivity contribution in [2.45, 2.75) is 4.90 Å². The van der Waals surface area contributed by atoms with Crippen LogP contribution in [0.5, 0.6) is 11.5 Å². The van der Waals surface area contributed by atoms with Crippen LogP contribution in [0.3, 0.4) is 0 Å². The fourth-order valence-electron chi connectivity index (χ4n) is 3.37. The smallest absolute Gasteiger partial charge is 0.331 e. The summed E-state index contributed by atoms with van der Waals surface area (Å²) in [5, 5.41) is 0. The van der Waals surface area contributed by atoms with Gasteiger partial charge in [0, 0.05) is 32.3 Å². The minimum atomic E-state index is -3.59. The van der Waals surface area contributed by atoms with Gasteiger partial charge in [0.15, 0.2) is 18.1 Å². The third-order valence-corrected chi connectivity index (χ3v) is 7.03. The second-order valence-corrected chi connectivity index (χ2v) is 9.09. The molecule has 1 fully saturated rings. The highest BCUT2D eigenvalue weighted by Gasteiger charge is 2.30. The number of amides is 1. The van der Waals surface area contributed by atoms with Gasteiger partial charge >= 0.3 is 5.97 Å². The second-order valence-electron chi connectivity index (χ2n) is 7.15. The summed E-state index contributed by atoms with van der Waals surface area (Å²) in [6.07, 6.45) is 2.79. The standard InChI is InChI=1S/C22H22N2O7S/c25-21(15-29-22(26)9-7-17-6-8-19-20(14-17)31-16-30-19)23-10-12-24(13-11-23)32(27,28)18-4-2-1-3-5-18/h1-9,14H,10-13,15-16H2. The Bertz CT molecular complexity index is 1120. The third-order valence-electron chi connectivity index (χ3n) is 5.12. The van der Waals surface area contributed by atoms with Crippen molar-refractivity contribution in [2.24, 2.45) is 0 Å². The van der Waals surface area contributed by atoms with Crippen LogP contribution in [0, 0.1) is 0 Å². The number of nitrogens with zero attached hydrogens (tertiary/aromatic N) is 2. The number of benzene rings is 2. The van der Waals surface area contributed by atoms with E-state index < -0.39 is 22.6 Å². The minimum absolute atomic E-state index is 0.166. The lowest BCUT2D eigenvalue weighted by Gasteiger charge is -2.33. The number of carbonyl (C=O) groups is 2. The molecule has 0 radical (unpaired) electrons. The van der Waals surface area contributed by atoms with Crippen LogP contribution >= 0.6 is 0 Å². The van der Waals surface area contributed by atoms with E-state index in [2.05, 4.69) is 0 Å². The maximum Gasteiger partial charge on any atom is 0.331 e. The summed E-state index contributed by atoms with van der Waals surface area (Å²) in [4.78, 5) is 26.0. The van der Waals surface area contributed by atoms with Gasteiger partial charge in [0.2, 0.25) is 16.8 Å². The van der Waals surface area contributed by atoms with Crippen molar-refractivity contribution in [3.63, 3.8) is 0 Å². The predicted octanol–water partition coefficient (Wildman–Crippen LogP) is 1.50. The van der Waals surface area contributed by atoms with Crippen LogP contribution in [0.1, 0.15) is 5.56 Å². The molecule has 9 nitrogen and oxygen atoms in total. The van der Waals surface area contributed by atoms with Gasteiger partial charge in [-0.1, -0.05) is 24.3 Å². The van der Waals surface area contributed by atoms with E-state index in [9.17, 15) is 18.0 Å². The summed E-state index contributed by atoms with van der Waals surface area (Å²) in [5.41, 5.74) is 0.730. The molecule has 0 aliphatic carbocycles. The van der Waals surface area contributed by atoms with E-state index in [1.807, 2.05) is 0 Å². The molecule has 2 aliphatic rings. The van der Waals surface area contributed by atoms with Crippen LogP contribution in [0.4, 0.5) is 0 Å². The predicted molar refractivity (Wildman–Crippen MR) is 114 cm³/mol. The zero-order chi connectivity index (χ0) is 22.6. The van der Waals surface area contributed by atoms with Gasteiger partial charge in [0.05, 0.1) is 4.90 Å². The van der Waals surface area contributed by atoms with Crippen molar-refractivity contribution in [1.82, 2.24) is 9.21 Å². The number of ether oxygens (including phenoxy) is 3. The quantitative estimate of drug-likeness (QED) is 0.478. The molecule has 10 heteroatoms. The Morgan fingerprint density at radius 3 is 2.44 bits per heavy atom. The Hall–Kier alpha value is -3.37. The molecule has 0 bridgehead atoms. The molecule has 168 valence electrons. The molecule has 0 atom stereocenters. The van der Waals surface area contributed by atoms with Crippen molar-refractivity contribution in [3.05, 3.63) is 60.2 Å². The minimum Gasteiger partial charge on any atom is -0.454 e. The molecule has 2 heterocycles. The van der Waals surface area contributed by atoms with Crippen LogP contribution in [0.25, 0.3) is 6.08 Å². The van der Waals surface area contributed by atoms with Crippen LogP contribution in [-0.4, -0.2) is 69.1 Å². The molecule has 0 saturated carbocycles. The van der Waals surface area contributed by atoms with Crippen LogP contribution in [-0.2, 0) is 24.3 Å². The Labute approximate surface area is 185 Å². The van der Waals surface area contributed by atoms with Crippen molar-refractivity contribution < 1.29 is 32.2 Å². The molecule has 2 aliphatic heterocycles. The van der Waals surface area contributed by atoms with E-state index in [0.29, 0.717) is 11.5 Å². The number of hydrogen-bond acceptors (Lipinski definition) is 7. The van der Waals surface area contributed by atoms with Crippen molar-refractivity contribution in [3.8, 4) is 11.5 Å². The highest BCUT2D eigenvalue weighted by Crippen LogP contribution is 2.32. The van der Waals surface area contributed by atoms with E-state index in [-0.39, 0.29) is 43.8 Å². The van der Waals surface area contributed by atoms with Gasteiger partial charge in [-0.25, -0.2) is 13.2 Å². The molecule has 4 rings (SSSR count). The average molecular weight is 458 g/mol. The molecule has 1 amide bonds. The largest absolute Gasteiger partial charge is 0.454 e. The summed E-state index contributed by atoms with van der Waals surface area (Å²) in [7, 11) is -3.59. The summed E-state index contributed by atoms with van der Waals surface area (Å²) in [5.74, 6) is 0.226. The maximum absolute atomic E-state index is 12.7. The van der Waals surface area contributed by atoms with Crippen LogP contribution in [0.2, 0.25) is 0 Å². The highest BCUT2D eigenvalue weighted by molar-refractivity contribution is 7.89. The number of sulfonamides is 1. The zero-order valence-electron chi connectivity index (χ0n) is 17.2. The first-order chi connectivity index (χ1) is 15.4. The summed E-state index contributed by atoms with van der Waals surface area (Å²) in [6.45, 7) is 0.585. The highest BCUT2D eigenvalue weighted by atomic mass is 32.2. The van der Waals surface area contributed by atoms with E-state index in [4.69, 9.17) is 14.2 Å². The molecule has 32 heavy (non-hydrogen) atoms. The van der Waals surface area contributed by atoms with Gasteiger partial charge in [0.1, 0.15) is 0 Å². The molecule has 0 spiro atoms. The van der Waals surface area contributed by atoms with E-state index in [1.165, 1.54) is 15.3 Å². The third kappa shape index (κ3) is 4.92. The molecule has 0 aromatic heterocycles. The van der Waals surface area contributed by atoms with Crippen molar-refractivity contribution >= 4 is 28.0 Å². The monoisotopic (exact) mass is 458 g/mol. The molecule has 2 aromatic rings. The topological polar surface area (TPSA) is 102 Å². The van der Waals surface area contributed by atoms with Crippen LogP contribution in [0.15, 0.2) is 59.5 Å². The van der Waals surface area contributed by atoms with E-state index in [1.54, 1.807) is 54.6 Å². The average Bonchev–Trinajstić information content (AvgIpc) is 3.30. The van der Waals surface area contributed by atoms with Crippen LogP contribution < -0.4 is 9.47 Å². The Kier molecular flexibility index (Phi) is 6.42. The van der Waals surface area contributed by atoms with Crippen molar-refractivity contribution in [1.29, 1.82) is 0 Å². The number of rotatable bonds is 6. The second kappa shape index (κ2) is 9.41. The zero-order valence-corrected chi connectivity index (χ0v) is 18.0. The fraction of sp³-hybridized carbons (Fsp3) is 0.273. The normalized spacial score (nSPS) is 16.3. The first-order valence-electron chi connectivity index (χ1n) is 10.0. The van der Waals surface area contributed by atoms with Gasteiger partial charge in [-0.3, -0.25) is 4.79 Å². The fourth-order valence-corrected chi connectivity index (χ4v) is 4.82. The lowest BCUT2D eigenvalue weighted by Crippen LogP contribution is -2.51. The molecule has 0 unspecified atom stereocenters. The maximum atomic E-state index is 12.7. The van der Waals surface area contributed by atoms with Gasteiger partial charge in [-0.05, 0) is 35.9 Å². The summed E-state index contributed by atoms with van der Waals surface area (Å²) < 4.78 is 42.2. The van der Waals surface area contributed by atoms with Gasteiger partial charge in [-0.15, -0.1) is 0 Å². The van der Waals surface area contributed by atoms with E-state index >= 15 is 0 Å². The lowest BCUT2D eigenvalue weighted by atomic mass is 10.2. The van der Waals surface area contributed by atoms with Gasteiger partial charge in [0.25, 0.3) is 5.91 Å². The first kappa shape index (κ1) is 21.8. The Balaban J connectivity index is 1.24. The SMILES string of the molecule is O=C(C=Cc1ccc2c(c1)OCO2)OCC(=O)N1CCN(S(=O)(=O)c2ccccc2)CC1. The summed E-state index contributed by atoms with van der Waals surface area (Å²) in [6, 6.07) is 13.4. The number of piperazine rings is 1. The molecule has 1 saturated heterocycles. The summed E-state index contributed by atoms with van der Waals surface area (Å²) >= 11 is 0. The lowest BCUT2D eigenvalue weighted by molar-refractivity contribution is -0.148. The number of hydrogen-bond donors (Lipinski definition) is 0. The molecule has 2 aromatic carbocycles. The molecular formula is C22H22N2O7S. The Morgan fingerprint density at radius 1 is 0.969 bits per heavy atom. The molecule has 0 N–H and O–H groups in total. The number of fused-ring (bicyclic) bond motifs is 1. The van der Waals surface area contributed by atoms with Gasteiger partial charge in [-0.2, -0.15) is 4.31 Å². The first-order valence-corrected chi connectivity index (χ1v) is 11.4. The number of esters is 1.